The maximum absolute atomic E-state index is 14.2. The zero-order valence-electron chi connectivity index (χ0n) is 16.6. The minimum Gasteiger partial charge on any atom is -0.451 e. The third kappa shape index (κ3) is 3.68. The smallest absolute Gasteiger partial charge is 0.339 e. The Morgan fingerprint density at radius 3 is 2.45 bits per heavy atom. The van der Waals surface area contributed by atoms with Crippen LogP contribution in [-0.2, 0) is 10.3 Å². The molecule has 1 atom stereocenters. The fraction of sp³-hybridized carbons (Fsp3) is 0.160. The van der Waals surface area contributed by atoms with E-state index in [-0.39, 0.29) is 16.3 Å². The van der Waals surface area contributed by atoms with Crippen molar-refractivity contribution in [1.29, 1.82) is 0 Å². The molecule has 146 valence electrons. The third-order valence-corrected chi connectivity index (χ3v) is 7.29. The Morgan fingerprint density at radius 2 is 1.66 bits per heavy atom. The van der Waals surface area contributed by atoms with Gasteiger partial charge < -0.3 is 4.74 Å². The van der Waals surface area contributed by atoms with Gasteiger partial charge in [-0.15, -0.1) is 0 Å². The second kappa shape index (κ2) is 7.45. The van der Waals surface area contributed by atoms with E-state index < -0.39 is 11.6 Å². The van der Waals surface area contributed by atoms with Gasteiger partial charge in [0, 0.05) is 40.5 Å². The molecule has 4 rings (SSSR count). The standard InChI is InChI=1S/C25H22FO2S/c1-17-15-18-9-4-7-14-23(18)29(17)20-11-8-10-19(16-20)24(27)28-25(2,3)21-12-5-6-13-22(21)26/h4-16H,1-3H3/q+1. The summed E-state index contributed by atoms with van der Waals surface area (Å²) in [6.07, 6.45) is 0. The number of ether oxygens (including phenoxy) is 1. The zero-order chi connectivity index (χ0) is 20.6. The quantitative estimate of drug-likeness (QED) is 0.267. The normalized spacial score (nSPS) is 12.2. The highest BCUT2D eigenvalue weighted by atomic mass is 32.2. The van der Waals surface area contributed by atoms with E-state index >= 15 is 0 Å². The van der Waals surface area contributed by atoms with Crippen molar-refractivity contribution >= 4 is 26.5 Å². The van der Waals surface area contributed by atoms with Crippen molar-refractivity contribution in [3.05, 3.63) is 101 Å². The van der Waals surface area contributed by atoms with Crippen molar-refractivity contribution in [2.24, 2.45) is 0 Å². The van der Waals surface area contributed by atoms with Crippen LogP contribution in [0.3, 0.4) is 0 Å². The van der Waals surface area contributed by atoms with E-state index in [0.717, 1.165) is 4.90 Å². The van der Waals surface area contributed by atoms with Crippen molar-refractivity contribution in [1.82, 2.24) is 0 Å². The second-order valence-corrected chi connectivity index (χ2v) is 9.67. The number of hydrogen-bond donors (Lipinski definition) is 0. The molecule has 0 bridgehead atoms. The first-order valence-electron chi connectivity index (χ1n) is 9.47. The molecule has 2 nitrogen and oxygen atoms in total. The van der Waals surface area contributed by atoms with Crippen molar-refractivity contribution in [3.8, 4) is 4.90 Å². The van der Waals surface area contributed by atoms with Crippen LogP contribution < -0.4 is 0 Å². The summed E-state index contributed by atoms with van der Waals surface area (Å²) >= 11 is 0. The third-order valence-electron chi connectivity index (χ3n) is 5.00. The molecule has 1 aromatic heterocycles. The molecule has 1 heterocycles. The van der Waals surface area contributed by atoms with Gasteiger partial charge in [-0.2, -0.15) is 0 Å². The number of fused-ring (bicyclic) bond motifs is 1. The number of carbonyl (C=O) groups excluding carboxylic acids is 1. The Hall–Kier alpha value is -2.98. The van der Waals surface area contributed by atoms with Gasteiger partial charge in [0.15, 0.2) is 14.5 Å². The maximum atomic E-state index is 14.2. The SMILES string of the molecule is Cc1cc2ccccc2[s+]1-c1cccc(C(=O)OC(C)(C)c2ccccc2F)c1. The van der Waals surface area contributed by atoms with Gasteiger partial charge >= 0.3 is 5.97 Å². The van der Waals surface area contributed by atoms with E-state index in [1.165, 1.54) is 21.0 Å². The fourth-order valence-corrected chi connectivity index (χ4v) is 5.85. The highest BCUT2D eigenvalue weighted by molar-refractivity contribution is 7.45. The van der Waals surface area contributed by atoms with Crippen molar-refractivity contribution in [3.63, 3.8) is 0 Å². The summed E-state index contributed by atoms with van der Waals surface area (Å²) in [7, 11) is -0.207. The van der Waals surface area contributed by atoms with Crippen molar-refractivity contribution in [2.45, 2.75) is 26.4 Å². The largest absolute Gasteiger partial charge is 0.451 e. The number of rotatable bonds is 4. The lowest BCUT2D eigenvalue weighted by Crippen LogP contribution is -2.26. The first-order chi connectivity index (χ1) is 13.9. The van der Waals surface area contributed by atoms with E-state index in [2.05, 4.69) is 25.1 Å². The van der Waals surface area contributed by atoms with Crippen LogP contribution in [0.4, 0.5) is 4.39 Å². The second-order valence-electron chi connectivity index (χ2n) is 7.51. The van der Waals surface area contributed by atoms with E-state index in [0.29, 0.717) is 11.1 Å². The molecule has 3 aromatic carbocycles. The predicted molar refractivity (Wildman–Crippen MR) is 117 cm³/mol. The van der Waals surface area contributed by atoms with Gasteiger partial charge in [0.2, 0.25) is 0 Å². The molecule has 0 aliphatic rings. The summed E-state index contributed by atoms with van der Waals surface area (Å²) in [5.41, 5.74) is -0.247. The Labute approximate surface area is 172 Å². The molecule has 0 radical (unpaired) electrons. The van der Waals surface area contributed by atoms with Crippen molar-refractivity contribution in [2.75, 3.05) is 0 Å². The summed E-state index contributed by atoms with van der Waals surface area (Å²) < 4.78 is 21.2. The Bertz CT molecular complexity index is 1210. The number of carbonyl (C=O) groups is 1. The fourth-order valence-electron chi connectivity index (χ4n) is 3.60. The van der Waals surface area contributed by atoms with E-state index in [1.54, 1.807) is 38.1 Å². The number of benzene rings is 3. The minimum absolute atomic E-state index is 0.207. The lowest BCUT2D eigenvalue weighted by Gasteiger charge is -2.26. The summed E-state index contributed by atoms with van der Waals surface area (Å²) in [5.74, 6) is -0.846. The summed E-state index contributed by atoms with van der Waals surface area (Å²) in [5, 5.41) is 1.22. The van der Waals surface area contributed by atoms with Crippen LogP contribution in [0.2, 0.25) is 0 Å². The molecule has 0 amide bonds. The maximum Gasteiger partial charge on any atom is 0.339 e. The monoisotopic (exact) mass is 405 g/mol. The predicted octanol–water partition coefficient (Wildman–Crippen LogP) is 7.12. The van der Waals surface area contributed by atoms with Crippen LogP contribution in [0.15, 0.2) is 78.9 Å². The average Bonchev–Trinajstić information content (AvgIpc) is 3.03. The number of halogens is 1. The van der Waals surface area contributed by atoms with Crippen LogP contribution in [0, 0.1) is 12.7 Å². The number of hydrogen-bond acceptors (Lipinski definition) is 2. The van der Waals surface area contributed by atoms with Crippen LogP contribution in [0.1, 0.15) is 34.6 Å². The van der Waals surface area contributed by atoms with Crippen LogP contribution in [-0.4, -0.2) is 5.97 Å². The van der Waals surface area contributed by atoms with E-state index in [1.807, 2.05) is 30.3 Å². The number of aryl methyl sites for hydroxylation is 1. The molecule has 0 aliphatic heterocycles. The summed E-state index contributed by atoms with van der Waals surface area (Å²) in [4.78, 5) is 15.2. The van der Waals surface area contributed by atoms with Gasteiger partial charge in [0.1, 0.15) is 11.4 Å². The molecular weight excluding hydrogens is 383 g/mol. The van der Waals surface area contributed by atoms with Gasteiger partial charge in [0.25, 0.3) is 0 Å². The number of thiophene rings is 1. The molecule has 4 heteroatoms. The molecule has 0 N–H and O–H groups in total. The summed E-state index contributed by atoms with van der Waals surface area (Å²) in [6, 6.07) is 24.5. The molecule has 0 saturated carbocycles. The number of esters is 1. The van der Waals surface area contributed by atoms with Crippen LogP contribution in [0.5, 0.6) is 0 Å². The van der Waals surface area contributed by atoms with E-state index in [4.69, 9.17) is 4.74 Å². The first kappa shape index (κ1) is 19.3. The molecule has 29 heavy (non-hydrogen) atoms. The van der Waals surface area contributed by atoms with Gasteiger partial charge in [-0.25, -0.2) is 9.18 Å². The van der Waals surface area contributed by atoms with Crippen LogP contribution in [0.25, 0.3) is 15.0 Å². The molecule has 0 fully saturated rings. The van der Waals surface area contributed by atoms with Gasteiger partial charge in [-0.3, -0.25) is 0 Å². The Morgan fingerprint density at radius 1 is 0.931 bits per heavy atom. The van der Waals surface area contributed by atoms with Crippen molar-refractivity contribution < 1.29 is 13.9 Å². The summed E-state index contributed by atoms with van der Waals surface area (Å²) in [6.45, 7) is 5.53. The molecular formula is C25H22FO2S+. The lowest BCUT2D eigenvalue weighted by atomic mass is 9.97. The zero-order valence-corrected chi connectivity index (χ0v) is 17.4. The van der Waals surface area contributed by atoms with Gasteiger partial charge in [-0.1, -0.05) is 36.4 Å². The highest BCUT2D eigenvalue weighted by Gasteiger charge is 2.29. The first-order valence-corrected chi connectivity index (χ1v) is 10.7. The highest BCUT2D eigenvalue weighted by Crippen LogP contribution is 2.43. The molecule has 4 aromatic rings. The lowest BCUT2D eigenvalue weighted by molar-refractivity contribution is -0.00450. The van der Waals surface area contributed by atoms with Gasteiger partial charge in [-0.05, 0) is 44.2 Å². The molecule has 1 unspecified atom stereocenters. The molecule has 0 aliphatic carbocycles. The Balaban J connectivity index is 1.68. The minimum atomic E-state index is -1.07. The average molecular weight is 406 g/mol. The van der Waals surface area contributed by atoms with Crippen LogP contribution >= 0.6 is 10.5 Å². The molecule has 0 saturated heterocycles. The topological polar surface area (TPSA) is 26.3 Å². The van der Waals surface area contributed by atoms with E-state index in [9.17, 15) is 9.18 Å². The van der Waals surface area contributed by atoms with Gasteiger partial charge in [0.05, 0.1) is 5.56 Å². The molecule has 0 spiro atoms. The Kier molecular flexibility index (Phi) is 4.97.